The highest BCUT2D eigenvalue weighted by atomic mass is 127. The van der Waals surface area contributed by atoms with Crippen molar-refractivity contribution in [3.05, 3.63) is 53.6 Å². The molecule has 1 amide bonds. The molecule has 0 spiro atoms. The lowest BCUT2D eigenvalue weighted by Gasteiger charge is -2.11. The summed E-state index contributed by atoms with van der Waals surface area (Å²) >= 11 is 0. The molecule has 2 aromatic carbocycles. The van der Waals surface area contributed by atoms with E-state index in [4.69, 9.17) is 15.2 Å². The summed E-state index contributed by atoms with van der Waals surface area (Å²) in [5.74, 6) is 1.69. The quantitative estimate of drug-likeness (QED) is 0.327. The molecule has 0 bridgehead atoms. The van der Waals surface area contributed by atoms with Crippen molar-refractivity contribution in [1.82, 2.24) is 5.32 Å². The molecule has 0 atom stereocenters. The molecule has 0 unspecified atom stereocenters. The van der Waals surface area contributed by atoms with Gasteiger partial charge in [-0.2, -0.15) is 0 Å². The number of nitrogens with zero attached hydrogens (tertiary/aromatic N) is 1. The number of carbonyl (C=O) groups excluding carboxylic acids is 1. The van der Waals surface area contributed by atoms with Crippen molar-refractivity contribution < 1.29 is 14.3 Å². The molecule has 1 fully saturated rings. The Kier molecular flexibility index (Phi) is 7.18. The molecule has 0 aromatic heterocycles. The van der Waals surface area contributed by atoms with Gasteiger partial charge in [0.05, 0.1) is 19.8 Å². The Morgan fingerprint density at radius 2 is 1.90 bits per heavy atom. The number of carbonyl (C=O) groups is 1. The predicted octanol–water partition coefficient (Wildman–Crippen LogP) is 3.28. The van der Waals surface area contributed by atoms with Crippen molar-refractivity contribution in [2.75, 3.05) is 18.5 Å². The molecular formula is C21H25IN4O3. The first-order valence-electron chi connectivity index (χ1n) is 9.54. The summed E-state index contributed by atoms with van der Waals surface area (Å²) in [7, 11) is 0. The van der Waals surface area contributed by atoms with Crippen LogP contribution < -0.4 is 25.8 Å². The molecule has 0 radical (unpaired) electrons. The Bertz CT molecular complexity index is 899. The van der Waals surface area contributed by atoms with Gasteiger partial charge in [0.2, 0.25) is 0 Å². The van der Waals surface area contributed by atoms with Crippen LogP contribution in [0.25, 0.3) is 0 Å². The zero-order valence-corrected chi connectivity index (χ0v) is 18.3. The number of aliphatic imine (C=N–C) groups is 1. The molecule has 1 aliphatic carbocycles. The number of fused-ring (bicyclic) bond motifs is 1. The Balaban J connectivity index is 0.00000240. The van der Waals surface area contributed by atoms with Gasteiger partial charge >= 0.3 is 0 Å². The van der Waals surface area contributed by atoms with E-state index in [1.54, 1.807) is 0 Å². The summed E-state index contributed by atoms with van der Waals surface area (Å²) in [6, 6.07) is 13.4. The normalized spacial score (nSPS) is 15.7. The average Bonchev–Trinajstić information content (AvgIpc) is 3.53. The van der Waals surface area contributed by atoms with Crippen LogP contribution in [0.5, 0.6) is 11.5 Å². The minimum atomic E-state index is -0.0355. The fourth-order valence-corrected chi connectivity index (χ4v) is 2.91. The van der Waals surface area contributed by atoms with Crippen LogP contribution in [0.3, 0.4) is 0 Å². The zero-order chi connectivity index (χ0) is 19.3. The third-order valence-corrected chi connectivity index (χ3v) is 4.55. The molecule has 8 heteroatoms. The highest BCUT2D eigenvalue weighted by Crippen LogP contribution is 2.32. The Morgan fingerprint density at radius 1 is 1.10 bits per heavy atom. The molecule has 0 saturated heterocycles. The van der Waals surface area contributed by atoms with Gasteiger partial charge in [-0.3, -0.25) is 4.79 Å². The maximum atomic E-state index is 12.2. The number of nitrogens with one attached hydrogen (secondary N) is 2. The number of anilines is 1. The average molecular weight is 508 g/mol. The van der Waals surface area contributed by atoms with E-state index in [0.29, 0.717) is 43.1 Å². The number of rotatable bonds is 5. The van der Waals surface area contributed by atoms with E-state index in [0.717, 1.165) is 36.3 Å². The van der Waals surface area contributed by atoms with E-state index >= 15 is 0 Å². The van der Waals surface area contributed by atoms with Crippen LogP contribution in [-0.4, -0.2) is 31.1 Å². The zero-order valence-electron chi connectivity index (χ0n) is 16.0. The largest absolute Gasteiger partial charge is 0.490 e. The van der Waals surface area contributed by atoms with Crippen LogP contribution >= 0.6 is 24.0 Å². The van der Waals surface area contributed by atoms with Crippen molar-refractivity contribution in [3.63, 3.8) is 0 Å². The molecule has 29 heavy (non-hydrogen) atoms. The van der Waals surface area contributed by atoms with Crippen molar-refractivity contribution in [1.29, 1.82) is 0 Å². The number of nitrogens with two attached hydrogens (primary N) is 1. The molecule has 4 rings (SSSR count). The SMILES string of the molecule is I.NC(=NCc1cccc(C(=O)NC2CC2)c1)Nc1ccc2c(c1)OCCCO2. The molecule has 7 nitrogen and oxygen atoms in total. The first kappa shape index (κ1) is 21.2. The minimum Gasteiger partial charge on any atom is -0.490 e. The lowest BCUT2D eigenvalue weighted by Crippen LogP contribution is -2.25. The number of hydrogen-bond donors (Lipinski definition) is 3. The lowest BCUT2D eigenvalue weighted by molar-refractivity contribution is 0.0951. The highest BCUT2D eigenvalue weighted by Gasteiger charge is 2.23. The van der Waals surface area contributed by atoms with Crippen LogP contribution in [-0.2, 0) is 6.54 Å². The van der Waals surface area contributed by atoms with E-state index < -0.39 is 0 Å². The third-order valence-electron chi connectivity index (χ3n) is 4.55. The summed E-state index contributed by atoms with van der Waals surface area (Å²) in [4.78, 5) is 16.5. The Labute approximate surface area is 187 Å². The number of hydrogen-bond acceptors (Lipinski definition) is 4. The molecule has 2 aliphatic rings. The van der Waals surface area contributed by atoms with Gasteiger partial charge in [-0.15, -0.1) is 24.0 Å². The van der Waals surface area contributed by atoms with Gasteiger partial charge in [0.15, 0.2) is 17.5 Å². The second-order valence-corrected chi connectivity index (χ2v) is 6.99. The molecule has 1 heterocycles. The van der Waals surface area contributed by atoms with E-state index in [2.05, 4.69) is 15.6 Å². The van der Waals surface area contributed by atoms with Crippen LogP contribution in [0.4, 0.5) is 5.69 Å². The van der Waals surface area contributed by atoms with E-state index in [9.17, 15) is 4.79 Å². The first-order valence-corrected chi connectivity index (χ1v) is 9.54. The van der Waals surface area contributed by atoms with Crippen LogP contribution in [0.2, 0.25) is 0 Å². The Morgan fingerprint density at radius 3 is 2.69 bits per heavy atom. The second kappa shape index (κ2) is 9.82. The number of ether oxygens (including phenoxy) is 2. The monoisotopic (exact) mass is 508 g/mol. The van der Waals surface area contributed by atoms with E-state index in [-0.39, 0.29) is 29.9 Å². The topological polar surface area (TPSA) is 98.0 Å². The maximum absolute atomic E-state index is 12.2. The fourth-order valence-electron chi connectivity index (χ4n) is 2.91. The summed E-state index contributed by atoms with van der Waals surface area (Å²) in [5.41, 5.74) is 8.37. The lowest BCUT2D eigenvalue weighted by atomic mass is 10.1. The highest BCUT2D eigenvalue weighted by molar-refractivity contribution is 14.0. The van der Waals surface area contributed by atoms with Crippen LogP contribution in [0, 0.1) is 0 Å². The van der Waals surface area contributed by atoms with Gasteiger partial charge in [0.1, 0.15) is 0 Å². The van der Waals surface area contributed by atoms with Gasteiger partial charge in [-0.25, -0.2) is 4.99 Å². The number of benzene rings is 2. The van der Waals surface area contributed by atoms with E-state index in [1.807, 2.05) is 42.5 Å². The van der Waals surface area contributed by atoms with Gasteiger partial charge in [-0.1, -0.05) is 12.1 Å². The van der Waals surface area contributed by atoms with Gasteiger partial charge < -0.3 is 25.8 Å². The van der Waals surface area contributed by atoms with Gasteiger partial charge in [0, 0.05) is 29.8 Å². The second-order valence-electron chi connectivity index (χ2n) is 6.99. The van der Waals surface area contributed by atoms with Crippen LogP contribution in [0.1, 0.15) is 35.2 Å². The van der Waals surface area contributed by atoms with Crippen molar-refractivity contribution >= 4 is 41.5 Å². The van der Waals surface area contributed by atoms with Crippen molar-refractivity contribution in [3.8, 4) is 11.5 Å². The standard InChI is InChI=1S/C21H24N4O3.HI/c22-21(25-17-7-8-18-19(12-17)28-10-2-9-27-18)23-13-14-3-1-4-15(11-14)20(26)24-16-5-6-16;/h1,3-4,7-8,11-12,16H,2,5-6,9-10,13H2,(H,24,26)(H3,22,23,25);1H. The molecule has 1 saturated carbocycles. The number of amides is 1. The summed E-state index contributed by atoms with van der Waals surface area (Å²) in [6.07, 6.45) is 2.99. The number of halogens is 1. The molecule has 1 aliphatic heterocycles. The van der Waals surface area contributed by atoms with Gasteiger partial charge in [0.25, 0.3) is 5.91 Å². The molecule has 4 N–H and O–H groups in total. The van der Waals surface area contributed by atoms with Crippen molar-refractivity contribution in [2.45, 2.75) is 31.8 Å². The van der Waals surface area contributed by atoms with Crippen LogP contribution in [0.15, 0.2) is 47.5 Å². The van der Waals surface area contributed by atoms with Gasteiger partial charge in [-0.05, 0) is 42.7 Å². The third kappa shape index (κ3) is 5.99. The molecular weight excluding hydrogens is 483 g/mol. The maximum Gasteiger partial charge on any atom is 0.251 e. The fraction of sp³-hybridized carbons (Fsp3) is 0.333. The first-order chi connectivity index (χ1) is 13.7. The summed E-state index contributed by atoms with van der Waals surface area (Å²) < 4.78 is 11.3. The summed E-state index contributed by atoms with van der Waals surface area (Å²) in [5, 5.41) is 6.06. The smallest absolute Gasteiger partial charge is 0.251 e. The predicted molar refractivity (Wildman–Crippen MR) is 123 cm³/mol. The molecule has 2 aromatic rings. The van der Waals surface area contributed by atoms with E-state index in [1.165, 1.54) is 0 Å². The Hall–Kier alpha value is -2.49. The number of guanidine groups is 1. The van der Waals surface area contributed by atoms with Crippen molar-refractivity contribution in [2.24, 2.45) is 10.7 Å². The minimum absolute atomic E-state index is 0. The summed E-state index contributed by atoms with van der Waals surface area (Å²) in [6.45, 7) is 1.67. The molecule has 154 valence electrons.